The van der Waals surface area contributed by atoms with Crippen LogP contribution in [0.2, 0.25) is 0 Å². The van der Waals surface area contributed by atoms with Crippen LogP contribution in [0, 0.1) is 0 Å². The highest BCUT2D eigenvalue weighted by atomic mass is 16.1. The summed E-state index contributed by atoms with van der Waals surface area (Å²) in [6, 6.07) is 0. The summed E-state index contributed by atoms with van der Waals surface area (Å²) < 4.78 is 1.09. The molecule has 0 aliphatic heterocycles. The summed E-state index contributed by atoms with van der Waals surface area (Å²) in [7, 11) is 4.75. The second-order valence-electron chi connectivity index (χ2n) is 20.7. The number of unbranched alkanes of at least 4 members (excludes halogenated alkanes) is 45. The van der Waals surface area contributed by atoms with Gasteiger partial charge in [0.15, 0.2) is 0 Å². The Balaban J connectivity index is 3.29. The monoisotopic (exact) mass is 846 g/mol. The van der Waals surface area contributed by atoms with E-state index in [1.54, 1.807) is 0 Å². The van der Waals surface area contributed by atoms with E-state index in [1.165, 1.54) is 308 Å². The third-order valence-electron chi connectivity index (χ3n) is 13.9. The van der Waals surface area contributed by atoms with Gasteiger partial charge in [-0.2, -0.15) is 0 Å². The molecule has 1 amide bonds. The predicted octanol–water partition coefficient (Wildman–Crippen LogP) is 19.3. The molecule has 0 radical (unpaired) electrons. The van der Waals surface area contributed by atoms with Crippen LogP contribution >= 0.6 is 0 Å². The lowest BCUT2D eigenvalue weighted by atomic mass is 10.0. The Labute approximate surface area is 381 Å². The van der Waals surface area contributed by atoms with Gasteiger partial charge in [0, 0.05) is 19.4 Å². The molecule has 360 valence electrons. The van der Waals surface area contributed by atoms with E-state index in [0.717, 1.165) is 30.3 Å². The van der Waals surface area contributed by atoms with Crippen molar-refractivity contribution in [3.63, 3.8) is 0 Å². The van der Waals surface area contributed by atoms with Crippen molar-refractivity contribution in [2.24, 2.45) is 0 Å². The summed E-state index contributed by atoms with van der Waals surface area (Å²) in [5.41, 5.74) is 0. The SMILES string of the molecule is CCCCCCCCCCCCCCCCCCCCCCCCCCCCCCCCCC[N+](C)(C)CCCNC(=O)CCCCCCCCCCCCCCCCC. The molecule has 0 aromatic carbocycles. The van der Waals surface area contributed by atoms with Gasteiger partial charge in [-0.25, -0.2) is 0 Å². The molecule has 3 nitrogen and oxygen atoms in total. The lowest BCUT2D eigenvalue weighted by Crippen LogP contribution is -2.42. The third kappa shape index (κ3) is 51.8. The maximum atomic E-state index is 12.3. The van der Waals surface area contributed by atoms with Gasteiger partial charge in [0.25, 0.3) is 0 Å². The molecule has 3 heteroatoms. The molecule has 0 aliphatic rings. The van der Waals surface area contributed by atoms with Gasteiger partial charge in [-0.3, -0.25) is 4.79 Å². The minimum atomic E-state index is 0.270. The first-order valence-electron chi connectivity index (χ1n) is 28.6. The van der Waals surface area contributed by atoms with E-state index in [-0.39, 0.29) is 5.91 Å². The van der Waals surface area contributed by atoms with Gasteiger partial charge in [0.05, 0.1) is 27.2 Å². The average Bonchev–Trinajstić information content (AvgIpc) is 3.24. The first-order chi connectivity index (χ1) is 29.5. The van der Waals surface area contributed by atoms with Gasteiger partial charge in [-0.1, -0.05) is 296 Å². The Morgan fingerprint density at radius 3 is 0.733 bits per heavy atom. The largest absolute Gasteiger partial charge is 0.356 e. The predicted molar refractivity (Wildman–Crippen MR) is 272 cm³/mol. The molecule has 0 aliphatic carbocycles. The summed E-state index contributed by atoms with van der Waals surface area (Å²) in [4.78, 5) is 12.3. The molecule has 0 heterocycles. The van der Waals surface area contributed by atoms with Crippen LogP contribution in [0.25, 0.3) is 0 Å². The molecule has 0 saturated heterocycles. The fraction of sp³-hybridized carbons (Fsp3) is 0.982. The average molecular weight is 847 g/mol. The molecule has 0 bridgehead atoms. The quantitative estimate of drug-likeness (QED) is 0.0480. The van der Waals surface area contributed by atoms with E-state index < -0.39 is 0 Å². The normalized spacial score (nSPS) is 11.9. The summed E-state index contributed by atoms with van der Waals surface area (Å²) >= 11 is 0. The fourth-order valence-corrected chi connectivity index (χ4v) is 9.51. The topological polar surface area (TPSA) is 29.1 Å². The Morgan fingerprint density at radius 2 is 0.483 bits per heavy atom. The highest BCUT2D eigenvalue weighted by Gasteiger charge is 2.14. The molecule has 0 atom stereocenters. The lowest BCUT2D eigenvalue weighted by Gasteiger charge is -2.30. The van der Waals surface area contributed by atoms with Crippen LogP contribution in [-0.2, 0) is 4.79 Å². The molecule has 0 aromatic heterocycles. The molecule has 0 saturated carbocycles. The van der Waals surface area contributed by atoms with E-state index in [4.69, 9.17) is 0 Å². The smallest absolute Gasteiger partial charge is 0.219 e. The molecule has 0 rings (SSSR count). The number of quaternary nitrogens is 1. The second kappa shape index (κ2) is 51.1. The first kappa shape index (κ1) is 59.4. The van der Waals surface area contributed by atoms with Crippen molar-refractivity contribution in [2.45, 2.75) is 328 Å². The van der Waals surface area contributed by atoms with Gasteiger partial charge in [0.1, 0.15) is 0 Å². The van der Waals surface area contributed by atoms with Gasteiger partial charge in [0.2, 0.25) is 5.91 Å². The van der Waals surface area contributed by atoms with E-state index in [2.05, 4.69) is 33.3 Å². The van der Waals surface area contributed by atoms with Gasteiger partial charge in [-0.05, 0) is 19.3 Å². The van der Waals surface area contributed by atoms with E-state index >= 15 is 0 Å². The van der Waals surface area contributed by atoms with Gasteiger partial charge in [-0.15, -0.1) is 0 Å². The Bertz CT molecular complexity index is 795. The van der Waals surface area contributed by atoms with E-state index in [9.17, 15) is 4.79 Å². The van der Waals surface area contributed by atoms with Crippen molar-refractivity contribution in [1.82, 2.24) is 5.32 Å². The van der Waals surface area contributed by atoms with Crippen molar-refractivity contribution in [3.05, 3.63) is 0 Å². The minimum Gasteiger partial charge on any atom is -0.356 e. The summed E-state index contributed by atoms with van der Waals surface area (Å²) in [6.45, 7) is 7.89. The number of nitrogens with zero attached hydrogens (tertiary/aromatic N) is 1. The molecule has 0 aromatic rings. The molecule has 1 N–H and O–H groups in total. The van der Waals surface area contributed by atoms with Gasteiger partial charge >= 0.3 is 0 Å². The Hall–Kier alpha value is -0.570. The van der Waals surface area contributed by atoms with Gasteiger partial charge < -0.3 is 9.80 Å². The van der Waals surface area contributed by atoms with Crippen LogP contribution in [0.1, 0.15) is 328 Å². The first-order valence-corrected chi connectivity index (χ1v) is 28.6. The zero-order chi connectivity index (χ0) is 43.6. The zero-order valence-corrected chi connectivity index (χ0v) is 42.6. The third-order valence-corrected chi connectivity index (χ3v) is 13.9. The second-order valence-corrected chi connectivity index (χ2v) is 20.7. The molecule has 60 heavy (non-hydrogen) atoms. The number of rotatable bonds is 53. The lowest BCUT2D eigenvalue weighted by molar-refractivity contribution is -0.890. The summed E-state index contributed by atoms with van der Waals surface area (Å²) in [6.07, 6.45) is 69.2. The number of carbonyl (C=O) groups is 1. The van der Waals surface area contributed by atoms with Crippen molar-refractivity contribution in [2.75, 3.05) is 33.7 Å². The number of amides is 1. The van der Waals surface area contributed by atoms with E-state index in [0.29, 0.717) is 0 Å². The number of hydrogen-bond acceptors (Lipinski definition) is 1. The highest BCUT2D eigenvalue weighted by Crippen LogP contribution is 2.18. The fourth-order valence-electron chi connectivity index (χ4n) is 9.51. The zero-order valence-electron chi connectivity index (χ0n) is 42.6. The Kier molecular flexibility index (Phi) is 50.6. The van der Waals surface area contributed by atoms with Crippen LogP contribution in [0.5, 0.6) is 0 Å². The molecule has 0 spiro atoms. The Morgan fingerprint density at radius 1 is 0.283 bits per heavy atom. The van der Waals surface area contributed by atoms with E-state index in [1.807, 2.05) is 0 Å². The maximum absolute atomic E-state index is 12.3. The van der Waals surface area contributed by atoms with Crippen LogP contribution < -0.4 is 5.32 Å². The molecule has 0 unspecified atom stereocenters. The van der Waals surface area contributed by atoms with Crippen LogP contribution in [0.3, 0.4) is 0 Å². The van der Waals surface area contributed by atoms with Crippen LogP contribution in [0.15, 0.2) is 0 Å². The highest BCUT2D eigenvalue weighted by molar-refractivity contribution is 5.75. The number of carbonyl (C=O) groups excluding carboxylic acids is 1. The molecule has 0 fully saturated rings. The number of hydrogen-bond donors (Lipinski definition) is 1. The van der Waals surface area contributed by atoms with Crippen LogP contribution in [-0.4, -0.2) is 44.1 Å². The van der Waals surface area contributed by atoms with Crippen molar-refractivity contribution < 1.29 is 9.28 Å². The summed E-state index contributed by atoms with van der Waals surface area (Å²) in [5.74, 6) is 0.270. The molecular formula is C57H117N2O+. The van der Waals surface area contributed by atoms with Crippen molar-refractivity contribution >= 4 is 5.91 Å². The summed E-state index contributed by atoms with van der Waals surface area (Å²) in [5, 5.41) is 3.20. The van der Waals surface area contributed by atoms with Crippen molar-refractivity contribution in [1.29, 1.82) is 0 Å². The standard InChI is InChI=1S/C57H116N2O/c1-5-7-9-11-13-15-17-19-21-22-23-24-25-26-27-28-29-30-31-32-33-34-35-36-37-39-41-43-45-47-49-51-55-59(3,4)56-52-54-58-57(60)53-50-48-46-44-42-40-38-20-18-16-14-12-10-8-6-2/h5-56H2,1-4H3/p+1. The molecular weight excluding hydrogens is 729 g/mol. The minimum absolute atomic E-state index is 0.270. The number of nitrogens with one attached hydrogen (secondary N) is 1. The maximum Gasteiger partial charge on any atom is 0.219 e. The van der Waals surface area contributed by atoms with Crippen molar-refractivity contribution in [3.8, 4) is 0 Å². The van der Waals surface area contributed by atoms with Crippen LogP contribution in [0.4, 0.5) is 0 Å².